The van der Waals surface area contributed by atoms with Gasteiger partial charge in [0.2, 0.25) is 0 Å². The first-order valence-corrected chi connectivity index (χ1v) is 11.4. The van der Waals surface area contributed by atoms with Crippen LogP contribution in [0.25, 0.3) is 0 Å². The van der Waals surface area contributed by atoms with Gasteiger partial charge in [0, 0.05) is 11.6 Å². The molecule has 5 nitrogen and oxygen atoms in total. The van der Waals surface area contributed by atoms with E-state index >= 15 is 0 Å². The highest BCUT2D eigenvalue weighted by molar-refractivity contribution is 5.86. The van der Waals surface area contributed by atoms with Gasteiger partial charge < -0.3 is 9.47 Å². The summed E-state index contributed by atoms with van der Waals surface area (Å²) in [4.78, 5) is 22.3. The number of rotatable bonds is 14. The maximum atomic E-state index is 11.4. The van der Waals surface area contributed by atoms with Crippen molar-refractivity contribution in [1.29, 1.82) is 0 Å². The van der Waals surface area contributed by atoms with Crippen LogP contribution < -0.4 is 0 Å². The quantitative estimate of drug-likeness (QED) is 0.168. The Morgan fingerprint density at radius 3 is 2.55 bits per heavy atom. The summed E-state index contributed by atoms with van der Waals surface area (Å²) in [6.45, 7) is 20.0. The molecule has 0 N–H and O–H groups in total. The van der Waals surface area contributed by atoms with Crippen molar-refractivity contribution in [3.05, 3.63) is 52.0 Å². The second-order valence-corrected chi connectivity index (χ2v) is 9.48. The van der Waals surface area contributed by atoms with Gasteiger partial charge in [-0.15, -0.1) is 11.5 Å². The molecule has 1 aliphatic heterocycles. The molecule has 3 atom stereocenters. The van der Waals surface area contributed by atoms with E-state index in [1.807, 2.05) is 0 Å². The SMILES string of the molecule is C=CC(OCC(C)CC/C=C(\C)CCC(=C(C)C)C(C)(C)CC)C1=CC(=O)OC1N=O. The number of nitroso groups, excluding NO2 is 1. The molecule has 0 saturated carbocycles. The Morgan fingerprint density at radius 2 is 2.00 bits per heavy atom. The maximum Gasteiger partial charge on any atom is 0.333 e. The number of carbonyl (C=O) groups is 1. The first kappa shape index (κ1) is 27.0. The summed E-state index contributed by atoms with van der Waals surface area (Å²) in [5.74, 6) is -0.234. The summed E-state index contributed by atoms with van der Waals surface area (Å²) in [5, 5.41) is 2.85. The molecule has 0 radical (unpaired) electrons. The van der Waals surface area contributed by atoms with Crippen LogP contribution in [0.3, 0.4) is 0 Å². The normalized spacial score (nSPS) is 18.8. The zero-order valence-electron chi connectivity index (χ0n) is 20.5. The molecule has 0 fully saturated rings. The number of hydrogen-bond acceptors (Lipinski definition) is 5. The fourth-order valence-corrected chi connectivity index (χ4v) is 3.89. The Bertz CT molecular complexity index is 726. The molecule has 174 valence electrons. The molecule has 5 heteroatoms. The van der Waals surface area contributed by atoms with Crippen molar-refractivity contribution in [2.75, 3.05) is 6.61 Å². The average Bonchev–Trinajstić information content (AvgIpc) is 3.08. The lowest BCUT2D eigenvalue weighted by molar-refractivity contribution is -0.138. The lowest BCUT2D eigenvalue weighted by atomic mass is 9.77. The summed E-state index contributed by atoms with van der Waals surface area (Å²) in [6, 6.07) is 0. The van der Waals surface area contributed by atoms with Crippen molar-refractivity contribution in [3.8, 4) is 0 Å². The number of esters is 1. The van der Waals surface area contributed by atoms with Gasteiger partial charge in [0.15, 0.2) is 0 Å². The summed E-state index contributed by atoms with van der Waals surface area (Å²) in [7, 11) is 0. The van der Waals surface area contributed by atoms with E-state index in [4.69, 9.17) is 9.47 Å². The highest BCUT2D eigenvalue weighted by atomic mass is 16.6. The molecular weight excluding hydrogens is 390 g/mol. The van der Waals surface area contributed by atoms with Gasteiger partial charge in [0.1, 0.15) is 6.10 Å². The highest BCUT2D eigenvalue weighted by Gasteiger charge is 2.32. The Balaban J connectivity index is 2.49. The van der Waals surface area contributed by atoms with Crippen molar-refractivity contribution in [1.82, 2.24) is 0 Å². The molecule has 0 aromatic carbocycles. The van der Waals surface area contributed by atoms with E-state index in [9.17, 15) is 9.70 Å². The predicted octanol–water partition coefficient (Wildman–Crippen LogP) is 7.05. The van der Waals surface area contributed by atoms with Gasteiger partial charge in [-0.3, -0.25) is 0 Å². The van der Waals surface area contributed by atoms with E-state index in [2.05, 4.69) is 66.3 Å². The van der Waals surface area contributed by atoms with Gasteiger partial charge in [0.25, 0.3) is 6.23 Å². The van der Waals surface area contributed by atoms with E-state index < -0.39 is 18.3 Å². The van der Waals surface area contributed by atoms with Gasteiger partial charge in [-0.2, -0.15) is 0 Å². The van der Waals surface area contributed by atoms with Crippen molar-refractivity contribution >= 4 is 5.97 Å². The minimum atomic E-state index is -1.11. The largest absolute Gasteiger partial charge is 0.429 e. The fourth-order valence-electron chi connectivity index (χ4n) is 3.89. The Labute approximate surface area is 188 Å². The van der Waals surface area contributed by atoms with Gasteiger partial charge in [-0.25, -0.2) is 4.79 Å². The van der Waals surface area contributed by atoms with E-state index in [0.29, 0.717) is 18.1 Å². The van der Waals surface area contributed by atoms with Crippen molar-refractivity contribution in [2.45, 2.75) is 92.9 Å². The number of nitrogens with zero attached hydrogens (tertiary/aromatic N) is 1. The van der Waals surface area contributed by atoms with Crippen molar-refractivity contribution in [3.63, 3.8) is 0 Å². The average molecular weight is 432 g/mol. The molecule has 0 aliphatic carbocycles. The van der Waals surface area contributed by atoms with Gasteiger partial charge in [-0.05, 0) is 69.4 Å². The topological polar surface area (TPSA) is 65.0 Å². The third-order valence-corrected chi connectivity index (χ3v) is 6.22. The number of carbonyl (C=O) groups excluding carboxylic acids is 1. The zero-order chi connectivity index (χ0) is 23.6. The highest BCUT2D eigenvalue weighted by Crippen LogP contribution is 2.36. The standard InChI is InChI=1S/C26H41NO4/c1-9-23(21-16-24(28)31-25(21)27-29)30-17-20(6)13-11-12-19(5)14-15-22(18(3)4)26(7,8)10-2/h9,12,16,20,23,25H,1,10-11,13-15,17H2,2-8H3/b19-12+. The summed E-state index contributed by atoms with van der Waals surface area (Å²) in [6.07, 6.45) is 8.89. The molecule has 3 unspecified atom stereocenters. The molecule has 0 spiro atoms. The molecule has 1 aliphatic rings. The predicted molar refractivity (Wildman–Crippen MR) is 128 cm³/mol. The molecule has 0 aromatic heterocycles. The monoisotopic (exact) mass is 431 g/mol. The molecule has 1 heterocycles. The molecule has 31 heavy (non-hydrogen) atoms. The third-order valence-electron chi connectivity index (χ3n) is 6.22. The maximum absolute atomic E-state index is 11.4. The lowest BCUT2D eigenvalue weighted by Crippen LogP contribution is -2.22. The second kappa shape index (κ2) is 12.7. The van der Waals surface area contributed by atoms with Crippen LogP contribution in [0.1, 0.15) is 80.6 Å². The van der Waals surface area contributed by atoms with E-state index in [1.165, 1.54) is 17.2 Å². The summed E-state index contributed by atoms with van der Waals surface area (Å²) >= 11 is 0. The summed E-state index contributed by atoms with van der Waals surface area (Å²) in [5.41, 5.74) is 5.12. The minimum Gasteiger partial charge on any atom is -0.429 e. The Kier molecular flexibility index (Phi) is 11.1. The van der Waals surface area contributed by atoms with Crippen molar-refractivity contribution < 1.29 is 14.3 Å². The third kappa shape index (κ3) is 8.56. The molecule has 0 amide bonds. The molecule has 0 saturated heterocycles. The Hall–Kier alpha value is -2.01. The zero-order valence-corrected chi connectivity index (χ0v) is 20.5. The van der Waals surface area contributed by atoms with Crippen LogP contribution in [-0.4, -0.2) is 24.9 Å². The van der Waals surface area contributed by atoms with E-state index in [-0.39, 0.29) is 5.41 Å². The fraction of sp³-hybridized carbons (Fsp3) is 0.654. The smallest absolute Gasteiger partial charge is 0.333 e. The first-order valence-electron chi connectivity index (χ1n) is 11.4. The molecule has 1 rings (SSSR count). The number of allylic oxidation sites excluding steroid dienone is 4. The van der Waals surface area contributed by atoms with Crippen LogP contribution in [0.2, 0.25) is 0 Å². The van der Waals surface area contributed by atoms with Crippen molar-refractivity contribution in [2.24, 2.45) is 16.5 Å². The minimum absolute atomic E-state index is 0.259. The van der Waals surface area contributed by atoms with Crippen LogP contribution in [0.5, 0.6) is 0 Å². The van der Waals surface area contributed by atoms with E-state index in [0.717, 1.165) is 32.1 Å². The number of hydrogen-bond donors (Lipinski definition) is 0. The second-order valence-electron chi connectivity index (χ2n) is 9.48. The lowest BCUT2D eigenvalue weighted by Gasteiger charge is -2.29. The van der Waals surface area contributed by atoms with Gasteiger partial charge in [0.05, 0.1) is 6.61 Å². The Morgan fingerprint density at radius 1 is 1.32 bits per heavy atom. The van der Waals surface area contributed by atoms with E-state index in [1.54, 1.807) is 11.6 Å². The number of ether oxygens (including phenoxy) is 2. The van der Waals surface area contributed by atoms with Gasteiger partial charge >= 0.3 is 5.97 Å². The van der Waals surface area contributed by atoms with Crippen LogP contribution in [0.4, 0.5) is 0 Å². The van der Waals surface area contributed by atoms with Crippen LogP contribution in [-0.2, 0) is 14.3 Å². The van der Waals surface area contributed by atoms with Crippen LogP contribution in [0.15, 0.2) is 52.3 Å². The summed E-state index contributed by atoms with van der Waals surface area (Å²) < 4.78 is 10.7. The van der Waals surface area contributed by atoms with Crippen LogP contribution in [0, 0.1) is 16.2 Å². The van der Waals surface area contributed by atoms with Crippen LogP contribution >= 0.6 is 0 Å². The number of cyclic esters (lactones) is 1. The molecule has 0 aromatic rings. The molecule has 0 bridgehead atoms. The van der Waals surface area contributed by atoms with Gasteiger partial charge in [-0.1, -0.05) is 56.6 Å². The molecular formula is C26H41NO4. The first-order chi connectivity index (χ1) is 14.5.